The van der Waals surface area contributed by atoms with Gasteiger partial charge in [-0.2, -0.15) is 10.2 Å². The predicted octanol–water partition coefficient (Wildman–Crippen LogP) is 1.23. The van der Waals surface area contributed by atoms with Gasteiger partial charge in [-0.1, -0.05) is 18.5 Å². The van der Waals surface area contributed by atoms with Crippen molar-refractivity contribution in [1.82, 2.24) is 25.0 Å². The summed E-state index contributed by atoms with van der Waals surface area (Å²) in [5.41, 5.74) is 4.42. The molecule has 0 aliphatic heterocycles. The standard InChI is InChI=1S/C11H17ClN6/c1-3-5-18-11(8(12)7-14-18)10(15-13)9-4-6-17(2)16-9/h4,6-7,10,15H,3,5,13H2,1-2H3. The molecule has 0 spiro atoms. The molecule has 2 heterocycles. The number of rotatable bonds is 5. The van der Waals surface area contributed by atoms with E-state index in [9.17, 15) is 0 Å². The lowest BCUT2D eigenvalue weighted by Gasteiger charge is -2.16. The zero-order valence-corrected chi connectivity index (χ0v) is 11.2. The number of nitrogens with zero attached hydrogens (tertiary/aromatic N) is 4. The molecule has 0 aromatic carbocycles. The van der Waals surface area contributed by atoms with Gasteiger partial charge >= 0.3 is 0 Å². The van der Waals surface area contributed by atoms with Crippen molar-refractivity contribution in [3.05, 3.63) is 34.9 Å². The third-order valence-electron chi connectivity index (χ3n) is 2.74. The first-order valence-electron chi connectivity index (χ1n) is 5.84. The molecule has 6 nitrogen and oxygen atoms in total. The summed E-state index contributed by atoms with van der Waals surface area (Å²) in [4.78, 5) is 0. The van der Waals surface area contributed by atoms with Gasteiger partial charge in [0.25, 0.3) is 0 Å². The lowest BCUT2D eigenvalue weighted by atomic mass is 10.1. The van der Waals surface area contributed by atoms with Crippen molar-refractivity contribution in [2.24, 2.45) is 12.9 Å². The summed E-state index contributed by atoms with van der Waals surface area (Å²) in [5, 5.41) is 9.21. The van der Waals surface area contributed by atoms with Gasteiger partial charge in [0.05, 0.1) is 22.6 Å². The Morgan fingerprint density at radius 1 is 1.56 bits per heavy atom. The molecule has 1 atom stereocenters. The zero-order valence-electron chi connectivity index (χ0n) is 10.5. The number of hydrogen-bond donors (Lipinski definition) is 2. The molecule has 0 bridgehead atoms. The van der Waals surface area contributed by atoms with Crippen LogP contribution in [-0.2, 0) is 13.6 Å². The van der Waals surface area contributed by atoms with Gasteiger partial charge < -0.3 is 0 Å². The summed E-state index contributed by atoms with van der Waals surface area (Å²) < 4.78 is 3.59. The first-order valence-corrected chi connectivity index (χ1v) is 6.22. The molecule has 98 valence electrons. The minimum absolute atomic E-state index is 0.257. The van der Waals surface area contributed by atoms with Crippen LogP contribution in [0.5, 0.6) is 0 Å². The van der Waals surface area contributed by atoms with Crippen LogP contribution in [0.3, 0.4) is 0 Å². The maximum Gasteiger partial charge on any atom is 0.108 e. The van der Waals surface area contributed by atoms with Crippen LogP contribution in [0.15, 0.2) is 18.5 Å². The monoisotopic (exact) mass is 268 g/mol. The lowest BCUT2D eigenvalue weighted by Crippen LogP contribution is -2.31. The Balaban J connectivity index is 2.41. The largest absolute Gasteiger partial charge is 0.275 e. The normalized spacial score (nSPS) is 12.9. The fourth-order valence-corrected chi connectivity index (χ4v) is 2.19. The van der Waals surface area contributed by atoms with Gasteiger partial charge in [-0.15, -0.1) is 0 Å². The Kier molecular flexibility index (Phi) is 4.00. The zero-order chi connectivity index (χ0) is 13.1. The molecule has 0 radical (unpaired) electrons. The number of nitrogens with one attached hydrogen (secondary N) is 1. The quantitative estimate of drug-likeness (QED) is 0.632. The molecule has 2 rings (SSSR count). The molecule has 7 heteroatoms. The van der Waals surface area contributed by atoms with E-state index in [0.29, 0.717) is 5.02 Å². The van der Waals surface area contributed by atoms with Crippen LogP contribution in [0.1, 0.15) is 30.8 Å². The van der Waals surface area contributed by atoms with Crippen LogP contribution in [-0.4, -0.2) is 19.6 Å². The summed E-state index contributed by atoms with van der Waals surface area (Å²) >= 11 is 6.20. The summed E-state index contributed by atoms with van der Waals surface area (Å²) in [5.74, 6) is 5.64. The van der Waals surface area contributed by atoms with Crippen molar-refractivity contribution < 1.29 is 0 Å². The second kappa shape index (κ2) is 5.51. The van der Waals surface area contributed by atoms with E-state index in [2.05, 4.69) is 22.5 Å². The van der Waals surface area contributed by atoms with Crippen molar-refractivity contribution in [2.45, 2.75) is 25.9 Å². The first-order chi connectivity index (χ1) is 8.67. The highest BCUT2D eigenvalue weighted by molar-refractivity contribution is 6.31. The SMILES string of the molecule is CCCn1ncc(Cl)c1C(NN)c1ccn(C)n1. The number of hydrazine groups is 1. The van der Waals surface area contributed by atoms with Gasteiger partial charge in [-0.25, -0.2) is 5.43 Å². The molecule has 2 aromatic heterocycles. The smallest absolute Gasteiger partial charge is 0.108 e. The van der Waals surface area contributed by atoms with E-state index in [-0.39, 0.29) is 6.04 Å². The van der Waals surface area contributed by atoms with Gasteiger partial charge in [0.1, 0.15) is 6.04 Å². The van der Waals surface area contributed by atoms with E-state index in [0.717, 1.165) is 24.4 Å². The van der Waals surface area contributed by atoms with Crippen LogP contribution in [0, 0.1) is 0 Å². The third kappa shape index (κ3) is 2.40. The molecular formula is C11H17ClN6. The minimum atomic E-state index is -0.257. The van der Waals surface area contributed by atoms with E-state index in [1.165, 1.54) is 0 Å². The highest BCUT2D eigenvalue weighted by Crippen LogP contribution is 2.26. The van der Waals surface area contributed by atoms with E-state index >= 15 is 0 Å². The molecule has 0 saturated carbocycles. The third-order valence-corrected chi connectivity index (χ3v) is 3.03. The molecule has 0 amide bonds. The Morgan fingerprint density at radius 2 is 2.33 bits per heavy atom. The number of aromatic nitrogens is 4. The van der Waals surface area contributed by atoms with Gasteiger partial charge in [0, 0.05) is 19.8 Å². The lowest BCUT2D eigenvalue weighted by molar-refractivity contribution is 0.511. The summed E-state index contributed by atoms with van der Waals surface area (Å²) in [6.45, 7) is 2.89. The average molecular weight is 269 g/mol. The molecule has 0 aliphatic carbocycles. The van der Waals surface area contributed by atoms with Crippen molar-refractivity contribution in [3.63, 3.8) is 0 Å². The maximum atomic E-state index is 6.20. The topological polar surface area (TPSA) is 73.7 Å². The molecule has 0 saturated heterocycles. The molecule has 0 aliphatic rings. The second-order valence-electron chi connectivity index (χ2n) is 4.11. The number of halogens is 1. The van der Waals surface area contributed by atoms with E-state index < -0.39 is 0 Å². The molecule has 1 unspecified atom stereocenters. The van der Waals surface area contributed by atoms with Crippen molar-refractivity contribution >= 4 is 11.6 Å². The first kappa shape index (κ1) is 13.1. The van der Waals surface area contributed by atoms with Gasteiger partial charge in [-0.05, 0) is 12.5 Å². The number of aryl methyl sites for hydroxylation is 2. The minimum Gasteiger partial charge on any atom is -0.275 e. The van der Waals surface area contributed by atoms with Crippen LogP contribution in [0.25, 0.3) is 0 Å². The molecule has 0 fully saturated rings. The van der Waals surface area contributed by atoms with Crippen LogP contribution >= 0.6 is 11.6 Å². The predicted molar refractivity (Wildman–Crippen MR) is 69.9 cm³/mol. The summed E-state index contributed by atoms with van der Waals surface area (Å²) in [7, 11) is 1.86. The highest BCUT2D eigenvalue weighted by Gasteiger charge is 2.22. The fraction of sp³-hybridized carbons (Fsp3) is 0.455. The maximum absolute atomic E-state index is 6.20. The van der Waals surface area contributed by atoms with Crippen molar-refractivity contribution in [2.75, 3.05) is 0 Å². The van der Waals surface area contributed by atoms with Crippen LogP contribution in [0.2, 0.25) is 5.02 Å². The summed E-state index contributed by atoms with van der Waals surface area (Å²) in [6, 6.07) is 1.65. The van der Waals surface area contributed by atoms with Crippen molar-refractivity contribution in [3.8, 4) is 0 Å². The Morgan fingerprint density at radius 3 is 2.89 bits per heavy atom. The number of hydrogen-bond acceptors (Lipinski definition) is 4. The second-order valence-corrected chi connectivity index (χ2v) is 4.52. The Hall–Kier alpha value is -1.37. The van der Waals surface area contributed by atoms with Gasteiger partial charge in [-0.3, -0.25) is 15.2 Å². The van der Waals surface area contributed by atoms with Gasteiger partial charge in [0.2, 0.25) is 0 Å². The van der Waals surface area contributed by atoms with E-state index in [1.807, 2.05) is 24.0 Å². The Labute approximate surface area is 111 Å². The van der Waals surface area contributed by atoms with Crippen molar-refractivity contribution in [1.29, 1.82) is 0 Å². The molecule has 2 aromatic rings. The van der Waals surface area contributed by atoms with E-state index in [4.69, 9.17) is 17.4 Å². The van der Waals surface area contributed by atoms with E-state index in [1.54, 1.807) is 10.9 Å². The fourth-order valence-electron chi connectivity index (χ4n) is 1.94. The van der Waals surface area contributed by atoms with Crippen LogP contribution < -0.4 is 11.3 Å². The van der Waals surface area contributed by atoms with Gasteiger partial charge in [0.15, 0.2) is 0 Å². The molecule has 18 heavy (non-hydrogen) atoms. The highest BCUT2D eigenvalue weighted by atomic mass is 35.5. The summed E-state index contributed by atoms with van der Waals surface area (Å²) in [6.07, 6.45) is 4.48. The van der Waals surface area contributed by atoms with Crippen LogP contribution in [0.4, 0.5) is 0 Å². The Bertz CT molecular complexity index is 517. The average Bonchev–Trinajstić information content (AvgIpc) is 2.91. The molecule has 3 N–H and O–H groups in total. The number of nitrogens with two attached hydrogens (primary N) is 1. The molecular weight excluding hydrogens is 252 g/mol.